The quantitative estimate of drug-likeness (QED) is 0.871. The Morgan fingerprint density at radius 2 is 1.81 bits per heavy atom. The Hall–Kier alpha value is -2.29. The largest absolute Gasteiger partial charge is 0.494 e. The molecular weight excluding hydrogens is 262 g/mol. The lowest BCUT2D eigenvalue weighted by atomic mass is 10.1. The summed E-state index contributed by atoms with van der Waals surface area (Å²) in [7, 11) is 0. The minimum atomic E-state index is -0.00785. The molecule has 0 radical (unpaired) electrons. The molecule has 1 N–H and O–H groups in total. The van der Waals surface area contributed by atoms with Crippen LogP contribution in [0.15, 0.2) is 48.5 Å². The van der Waals surface area contributed by atoms with E-state index in [1.807, 2.05) is 55.5 Å². The highest BCUT2D eigenvalue weighted by atomic mass is 16.5. The van der Waals surface area contributed by atoms with Gasteiger partial charge in [0.2, 0.25) is 5.91 Å². The molecule has 0 aromatic heterocycles. The smallest absolute Gasteiger partial charge is 0.228 e. The van der Waals surface area contributed by atoms with E-state index in [4.69, 9.17) is 4.74 Å². The monoisotopic (exact) mass is 283 g/mol. The highest BCUT2D eigenvalue weighted by Gasteiger charge is 2.06. The van der Waals surface area contributed by atoms with E-state index in [1.165, 1.54) is 0 Å². The molecule has 3 nitrogen and oxygen atoms in total. The molecule has 2 aromatic rings. The van der Waals surface area contributed by atoms with Crippen LogP contribution in [0, 0.1) is 6.92 Å². The summed E-state index contributed by atoms with van der Waals surface area (Å²) in [5.41, 5.74) is 2.98. The zero-order valence-corrected chi connectivity index (χ0v) is 12.6. The average molecular weight is 283 g/mol. The normalized spacial score (nSPS) is 10.2. The van der Waals surface area contributed by atoms with E-state index in [0.29, 0.717) is 13.0 Å². The van der Waals surface area contributed by atoms with Gasteiger partial charge in [0.05, 0.1) is 13.0 Å². The van der Waals surface area contributed by atoms with Gasteiger partial charge >= 0.3 is 0 Å². The van der Waals surface area contributed by atoms with Gasteiger partial charge in [-0.3, -0.25) is 4.79 Å². The lowest BCUT2D eigenvalue weighted by Gasteiger charge is -2.09. The number of hydrogen-bond acceptors (Lipinski definition) is 2. The summed E-state index contributed by atoms with van der Waals surface area (Å²) in [6.07, 6.45) is 1.37. The zero-order valence-electron chi connectivity index (χ0n) is 12.6. The number of carbonyl (C=O) groups is 1. The molecule has 0 saturated heterocycles. The van der Waals surface area contributed by atoms with Crippen molar-refractivity contribution in [3.05, 3.63) is 59.7 Å². The van der Waals surface area contributed by atoms with Crippen molar-refractivity contribution in [1.82, 2.24) is 0 Å². The van der Waals surface area contributed by atoms with E-state index in [2.05, 4.69) is 12.2 Å². The Morgan fingerprint density at radius 3 is 2.48 bits per heavy atom. The van der Waals surface area contributed by atoms with E-state index < -0.39 is 0 Å². The standard InChI is InChI=1S/C18H21NO2/c1-3-12-21-17-10-8-16(9-11-17)19-18(20)13-15-7-5-4-6-14(15)2/h4-11H,3,12-13H2,1-2H3,(H,19,20). The van der Waals surface area contributed by atoms with Crippen LogP contribution in [0.2, 0.25) is 0 Å². The van der Waals surface area contributed by atoms with Crippen LogP contribution in [0.1, 0.15) is 24.5 Å². The van der Waals surface area contributed by atoms with E-state index in [-0.39, 0.29) is 5.91 Å². The molecule has 21 heavy (non-hydrogen) atoms. The molecule has 0 unspecified atom stereocenters. The van der Waals surface area contributed by atoms with Crippen molar-refractivity contribution in [1.29, 1.82) is 0 Å². The summed E-state index contributed by atoms with van der Waals surface area (Å²) < 4.78 is 5.51. The number of aryl methyl sites for hydroxylation is 1. The van der Waals surface area contributed by atoms with Crippen molar-refractivity contribution in [2.24, 2.45) is 0 Å². The van der Waals surface area contributed by atoms with Crippen molar-refractivity contribution in [3.8, 4) is 5.75 Å². The van der Waals surface area contributed by atoms with Gasteiger partial charge in [0.25, 0.3) is 0 Å². The fourth-order valence-electron chi connectivity index (χ4n) is 2.04. The molecular formula is C18H21NO2. The molecule has 0 aliphatic heterocycles. The second-order valence-corrected chi connectivity index (χ2v) is 5.02. The lowest BCUT2D eigenvalue weighted by Crippen LogP contribution is -2.14. The Kier molecular flexibility index (Phi) is 5.38. The number of nitrogens with one attached hydrogen (secondary N) is 1. The van der Waals surface area contributed by atoms with Crippen LogP contribution < -0.4 is 10.1 Å². The summed E-state index contributed by atoms with van der Waals surface area (Å²) in [6.45, 7) is 4.79. The van der Waals surface area contributed by atoms with E-state index in [1.54, 1.807) is 0 Å². The summed E-state index contributed by atoms with van der Waals surface area (Å²) in [5.74, 6) is 0.820. The first-order chi connectivity index (χ1) is 10.2. The van der Waals surface area contributed by atoms with Crippen molar-refractivity contribution in [3.63, 3.8) is 0 Å². The van der Waals surface area contributed by atoms with Crippen LogP contribution in [0.3, 0.4) is 0 Å². The van der Waals surface area contributed by atoms with Crippen molar-refractivity contribution < 1.29 is 9.53 Å². The third kappa shape index (κ3) is 4.63. The summed E-state index contributed by atoms with van der Waals surface area (Å²) in [6, 6.07) is 15.4. The van der Waals surface area contributed by atoms with Crippen LogP contribution in [-0.2, 0) is 11.2 Å². The first kappa shape index (κ1) is 15.1. The maximum absolute atomic E-state index is 12.0. The molecule has 0 atom stereocenters. The van der Waals surface area contributed by atoms with Gasteiger partial charge < -0.3 is 10.1 Å². The van der Waals surface area contributed by atoms with Crippen LogP contribution in [0.25, 0.3) is 0 Å². The van der Waals surface area contributed by atoms with Gasteiger partial charge in [0.15, 0.2) is 0 Å². The fraction of sp³-hybridized carbons (Fsp3) is 0.278. The molecule has 0 spiro atoms. The lowest BCUT2D eigenvalue weighted by molar-refractivity contribution is -0.115. The minimum Gasteiger partial charge on any atom is -0.494 e. The van der Waals surface area contributed by atoms with Crippen LogP contribution in [0.5, 0.6) is 5.75 Å². The van der Waals surface area contributed by atoms with Crippen molar-refractivity contribution >= 4 is 11.6 Å². The van der Waals surface area contributed by atoms with Crippen LogP contribution in [-0.4, -0.2) is 12.5 Å². The topological polar surface area (TPSA) is 38.3 Å². The zero-order chi connectivity index (χ0) is 15.1. The van der Waals surface area contributed by atoms with Crippen molar-refractivity contribution in [2.45, 2.75) is 26.7 Å². The van der Waals surface area contributed by atoms with Gasteiger partial charge in [-0.1, -0.05) is 31.2 Å². The number of benzene rings is 2. The van der Waals surface area contributed by atoms with Gasteiger partial charge in [0, 0.05) is 5.69 Å². The minimum absolute atomic E-state index is 0.00785. The maximum atomic E-state index is 12.0. The SMILES string of the molecule is CCCOc1ccc(NC(=O)Cc2ccccc2C)cc1. The Bertz CT molecular complexity index is 590. The molecule has 2 aromatic carbocycles. The third-order valence-corrected chi connectivity index (χ3v) is 3.22. The summed E-state index contributed by atoms with van der Waals surface area (Å²) >= 11 is 0. The summed E-state index contributed by atoms with van der Waals surface area (Å²) in [5, 5.41) is 2.91. The van der Waals surface area contributed by atoms with Gasteiger partial charge in [-0.05, 0) is 48.7 Å². The molecule has 0 bridgehead atoms. The fourth-order valence-corrected chi connectivity index (χ4v) is 2.04. The van der Waals surface area contributed by atoms with Gasteiger partial charge in [0.1, 0.15) is 5.75 Å². The molecule has 0 fully saturated rings. The number of anilines is 1. The first-order valence-corrected chi connectivity index (χ1v) is 7.26. The second kappa shape index (κ2) is 7.48. The third-order valence-electron chi connectivity index (χ3n) is 3.22. The van der Waals surface area contributed by atoms with Gasteiger partial charge in [-0.25, -0.2) is 0 Å². The molecule has 110 valence electrons. The number of carbonyl (C=O) groups excluding carboxylic acids is 1. The highest BCUT2D eigenvalue weighted by molar-refractivity contribution is 5.92. The van der Waals surface area contributed by atoms with E-state index >= 15 is 0 Å². The first-order valence-electron chi connectivity index (χ1n) is 7.26. The maximum Gasteiger partial charge on any atom is 0.228 e. The number of amides is 1. The van der Waals surface area contributed by atoms with Crippen LogP contribution in [0.4, 0.5) is 5.69 Å². The molecule has 1 amide bonds. The van der Waals surface area contributed by atoms with Gasteiger partial charge in [-0.2, -0.15) is 0 Å². The Balaban J connectivity index is 1.92. The Morgan fingerprint density at radius 1 is 1.10 bits per heavy atom. The summed E-state index contributed by atoms with van der Waals surface area (Å²) in [4.78, 5) is 12.0. The highest BCUT2D eigenvalue weighted by Crippen LogP contribution is 2.16. The average Bonchev–Trinajstić information content (AvgIpc) is 2.49. The van der Waals surface area contributed by atoms with Gasteiger partial charge in [-0.15, -0.1) is 0 Å². The predicted octanol–water partition coefficient (Wildman–Crippen LogP) is 3.97. The molecule has 3 heteroatoms. The number of ether oxygens (including phenoxy) is 1. The van der Waals surface area contributed by atoms with E-state index in [0.717, 1.165) is 29.0 Å². The molecule has 0 aliphatic carbocycles. The van der Waals surface area contributed by atoms with Crippen LogP contribution >= 0.6 is 0 Å². The Labute approximate surface area is 126 Å². The molecule has 0 saturated carbocycles. The van der Waals surface area contributed by atoms with E-state index in [9.17, 15) is 4.79 Å². The predicted molar refractivity (Wildman–Crippen MR) is 85.7 cm³/mol. The second-order valence-electron chi connectivity index (χ2n) is 5.02. The molecule has 0 heterocycles. The molecule has 0 aliphatic rings. The van der Waals surface area contributed by atoms with Crippen molar-refractivity contribution in [2.75, 3.05) is 11.9 Å². The number of hydrogen-bond donors (Lipinski definition) is 1. The molecule has 2 rings (SSSR count). The number of rotatable bonds is 6.